The number of amides is 1. The maximum absolute atomic E-state index is 12.3. The van der Waals surface area contributed by atoms with E-state index in [0.717, 1.165) is 5.56 Å². The number of ether oxygens (including phenoxy) is 2. The van der Waals surface area contributed by atoms with Gasteiger partial charge in [0.15, 0.2) is 6.10 Å². The zero-order valence-electron chi connectivity index (χ0n) is 13.1. The number of hydrogen-bond acceptors (Lipinski definition) is 3. The first-order chi connectivity index (χ1) is 10.6. The zero-order chi connectivity index (χ0) is 15.9. The van der Waals surface area contributed by atoms with Gasteiger partial charge in [0.05, 0.1) is 12.3 Å². The molecule has 116 valence electrons. The van der Waals surface area contributed by atoms with Crippen LogP contribution in [-0.4, -0.2) is 18.6 Å². The molecule has 0 aromatic heterocycles. The highest BCUT2D eigenvalue weighted by Crippen LogP contribution is 2.24. The molecule has 0 saturated carbocycles. The quantitative estimate of drug-likeness (QED) is 0.882. The fraction of sp³-hybridized carbons (Fsp3) is 0.278. The number of rotatable bonds is 6. The van der Waals surface area contributed by atoms with Crippen LogP contribution >= 0.6 is 0 Å². The van der Waals surface area contributed by atoms with Crippen molar-refractivity contribution in [2.24, 2.45) is 0 Å². The highest BCUT2D eigenvalue weighted by molar-refractivity contribution is 5.95. The number of para-hydroxylation sites is 2. The van der Waals surface area contributed by atoms with Gasteiger partial charge in [-0.3, -0.25) is 4.79 Å². The van der Waals surface area contributed by atoms with Crippen molar-refractivity contribution >= 4 is 11.6 Å². The lowest BCUT2D eigenvalue weighted by molar-refractivity contribution is -0.122. The van der Waals surface area contributed by atoms with E-state index >= 15 is 0 Å². The Balaban J connectivity index is 2.02. The Bertz CT molecular complexity index is 640. The monoisotopic (exact) mass is 299 g/mol. The van der Waals surface area contributed by atoms with Crippen LogP contribution < -0.4 is 14.8 Å². The zero-order valence-corrected chi connectivity index (χ0v) is 13.1. The number of nitrogens with one attached hydrogen (secondary N) is 1. The maximum atomic E-state index is 12.3. The summed E-state index contributed by atoms with van der Waals surface area (Å²) < 4.78 is 11.2. The largest absolute Gasteiger partial charge is 0.492 e. The first kappa shape index (κ1) is 15.9. The fourth-order valence-corrected chi connectivity index (χ4v) is 2.03. The van der Waals surface area contributed by atoms with E-state index in [2.05, 4.69) is 5.32 Å². The molecule has 2 aromatic rings. The summed E-state index contributed by atoms with van der Waals surface area (Å²) in [6, 6.07) is 15.0. The molecule has 0 heterocycles. The minimum atomic E-state index is -0.600. The average Bonchev–Trinajstić information content (AvgIpc) is 2.49. The molecule has 2 rings (SSSR count). The fourth-order valence-electron chi connectivity index (χ4n) is 2.03. The van der Waals surface area contributed by atoms with Crippen molar-refractivity contribution in [3.8, 4) is 11.5 Å². The Morgan fingerprint density at radius 1 is 1.18 bits per heavy atom. The van der Waals surface area contributed by atoms with Gasteiger partial charge < -0.3 is 14.8 Å². The van der Waals surface area contributed by atoms with Gasteiger partial charge in [-0.15, -0.1) is 0 Å². The smallest absolute Gasteiger partial charge is 0.265 e. The summed E-state index contributed by atoms with van der Waals surface area (Å²) in [6.45, 7) is 6.15. The first-order valence-electron chi connectivity index (χ1n) is 7.36. The Kier molecular flexibility index (Phi) is 5.42. The Morgan fingerprint density at radius 3 is 2.68 bits per heavy atom. The van der Waals surface area contributed by atoms with Gasteiger partial charge in [0.2, 0.25) is 0 Å². The average molecular weight is 299 g/mol. The van der Waals surface area contributed by atoms with Crippen molar-refractivity contribution < 1.29 is 14.3 Å². The second-order valence-electron chi connectivity index (χ2n) is 5.00. The topological polar surface area (TPSA) is 47.6 Å². The van der Waals surface area contributed by atoms with Crippen LogP contribution in [0.25, 0.3) is 0 Å². The van der Waals surface area contributed by atoms with E-state index in [9.17, 15) is 4.79 Å². The predicted octanol–water partition coefficient (Wildman–Crippen LogP) is 3.80. The number of aryl methyl sites for hydroxylation is 1. The third kappa shape index (κ3) is 4.25. The molecule has 1 amide bonds. The standard InChI is InChI=1S/C18H21NO3/c1-4-21-17-11-6-5-10-16(17)19-18(20)14(3)22-15-9-7-8-13(2)12-15/h5-12,14H,4H2,1-3H3,(H,19,20)/t14-/m1/s1. The normalized spacial score (nSPS) is 11.6. The molecular formula is C18H21NO3. The summed E-state index contributed by atoms with van der Waals surface area (Å²) in [7, 11) is 0. The minimum Gasteiger partial charge on any atom is -0.492 e. The van der Waals surface area contributed by atoms with Crippen molar-refractivity contribution in [2.75, 3.05) is 11.9 Å². The van der Waals surface area contributed by atoms with Crippen LogP contribution in [0.2, 0.25) is 0 Å². The van der Waals surface area contributed by atoms with Crippen LogP contribution in [-0.2, 0) is 4.79 Å². The summed E-state index contributed by atoms with van der Waals surface area (Å²) in [6.07, 6.45) is -0.600. The molecule has 1 N–H and O–H groups in total. The molecule has 0 bridgehead atoms. The van der Waals surface area contributed by atoms with Crippen LogP contribution in [0.4, 0.5) is 5.69 Å². The van der Waals surface area contributed by atoms with E-state index in [1.807, 2.05) is 62.4 Å². The van der Waals surface area contributed by atoms with Gasteiger partial charge in [-0.2, -0.15) is 0 Å². The predicted molar refractivity (Wildman–Crippen MR) is 87.5 cm³/mol. The molecule has 22 heavy (non-hydrogen) atoms. The van der Waals surface area contributed by atoms with E-state index in [1.165, 1.54) is 0 Å². The molecule has 0 fully saturated rings. The summed E-state index contributed by atoms with van der Waals surface area (Å²) in [5.41, 5.74) is 1.74. The van der Waals surface area contributed by atoms with Crippen molar-refractivity contribution in [3.63, 3.8) is 0 Å². The van der Waals surface area contributed by atoms with Crippen molar-refractivity contribution in [3.05, 3.63) is 54.1 Å². The molecule has 0 aliphatic carbocycles. The van der Waals surface area contributed by atoms with E-state index in [0.29, 0.717) is 23.8 Å². The number of anilines is 1. The number of carbonyl (C=O) groups is 1. The van der Waals surface area contributed by atoms with Crippen LogP contribution in [0.15, 0.2) is 48.5 Å². The Hall–Kier alpha value is -2.49. The van der Waals surface area contributed by atoms with E-state index in [1.54, 1.807) is 6.92 Å². The van der Waals surface area contributed by atoms with Gasteiger partial charge in [0.25, 0.3) is 5.91 Å². The lowest BCUT2D eigenvalue weighted by Crippen LogP contribution is -2.30. The van der Waals surface area contributed by atoms with Crippen LogP contribution in [0.3, 0.4) is 0 Å². The molecule has 0 aliphatic rings. The number of hydrogen-bond donors (Lipinski definition) is 1. The summed E-state index contributed by atoms with van der Waals surface area (Å²) in [4.78, 5) is 12.3. The van der Waals surface area contributed by atoms with E-state index in [-0.39, 0.29) is 5.91 Å². The lowest BCUT2D eigenvalue weighted by atomic mass is 10.2. The van der Waals surface area contributed by atoms with E-state index < -0.39 is 6.10 Å². The minimum absolute atomic E-state index is 0.214. The van der Waals surface area contributed by atoms with E-state index in [4.69, 9.17) is 9.47 Å². The third-order valence-corrected chi connectivity index (χ3v) is 3.12. The molecule has 0 unspecified atom stereocenters. The van der Waals surface area contributed by atoms with Crippen molar-refractivity contribution in [1.29, 1.82) is 0 Å². The molecular weight excluding hydrogens is 278 g/mol. The Labute approximate surface area is 131 Å². The van der Waals surface area contributed by atoms with Crippen LogP contribution in [0.1, 0.15) is 19.4 Å². The highest BCUT2D eigenvalue weighted by Gasteiger charge is 2.16. The van der Waals surface area contributed by atoms with Gasteiger partial charge in [-0.25, -0.2) is 0 Å². The summed E-state index contributed by atoms with van der Waals surface area (Å²) in [5.74, 6) is 1.12. The molecule has 0 aliphatic heterocycles. The third-order valence-electron chi connectivity index (χ3n) is 3.12. The molecule has 0 spiro atoms. The van der Waals surface area contributed by atoms with Gasteiger partial charge >= 0.3 is 0 Å². The summed E-state index contributed by atoms with van der Waals surface area (Å²) in [5, 5.41) is 2.84. The Morgan fingerprint density at radius 2 is 1.95 bits per heavy atom. The van der Waals surface area contributed by atoms with Crippen molar-refractivity contribution in [1.82, 2.24) is 0 Å². The lowest BCUT2D eigenvalue weighted by Gasteiger charge is -2.16. The van der Waals surface area contributed by atoms with Crippen LogP contribution in [0, 0.1) is 6.92 Å². The second-order valence-corrected chi connectivity index (χ2v) is 5.00. The molecule has 2 aromatic carbocycles. The first-order valence-corrected chi connectivity index (χ1v) is 7.36. The SMILES string of the molecule is CCOc1ccccc1NC(=O)[C@@H](C)Oc1cccc(C)c1. The molecule has 1 atom stereocenters. The highest BCUT2D eigenvalue weighted by atomic mass is 16.5. The van der Waals surface area contributed by atoms with Gasteiger partial charge in [0.1, 0.15) is 11.5 Å². The molecule has 0 saturated heterocycles. The number of benzene rings is 2. The van der Waals surface area contributed by atoms with Gasteiger partial charge in [-0.05, 0) is 50.6 Å². The maximum Gasteiger partial charge on any atom is 0.265 e. The molecule has 4 heteroatoms. The van der Waals surface area contributed by atoms with Gasteiger partial charge in [0, 0.05) is 0 Å². The van der Waals surface area contributed by atoms with Crippen LogP contribution in [0.5, 0.6) is 11.5 Å². The molecule has 4 nitrogen and oxygen atoms in total. The summed E-state index contributed by atoms with van der Waals surface area (Å²) >= 11 is 0. The molecule has 0 radical (unpaired) electrons. The second kappa shape index (κ2) is 7.50. The van der Waals surface area contributed by atoms with Crippen molar-refractivity contribution in [2.45, 2.75) is 26.9 Å². The van der Waals surface area contributed by atoms with Gasteiger partial charge in [-0.1, -0.05) is 24.3 Å². The number of carbonyl (C=O) groups excluding carboxylic acids is 1.